The van der Waals surface area contributed by atoms with Gasteiger partial charge in [0.2, 0.25) is 0 Å². The van der Waals surface area contributed by atoms with Crippen LogP contribution in [0.5, 0.6) is 0 Å². The van der Waals surface area contributed by atoms with E-state index in [0.717, 1.165) is 0 Å². The molecule has 1 heterocycles. The van der Waals surface area contributed by atoms with Crippen molar-refractivity contribution in [1.82, 2.24) is 5.32 Å². The van der Waals surface area contributed by atoms with E-state index >= 15 is 0 Å². The zero-order chi connectivity index (χ0) is 9.64. The maximum atomic E-state index is 9.60. The fraction of sp³-hybridized carbons (Fsp3) is 1.00. The molecule has 5 nitrogen and oxygen atoms in total. The molecule has 0 radical (unpaired) electrons. The molecule has 2 rings (SSSR count). The summed E-state index contributed by atoms with van der Waals surface area (Å²) in [6, 6.07) is 0. The van der Waals surface area contributed by atoms with E-state index in [1.807, 2.05) is 0 Å². The molecule has 0 aromatic rings. The first-order valence-corrected chi connectivity index (χ1v) is 4.51. The molecule has 1 saturated carbocycles. The second-order valence-corrected chi connectivity index (χ2v) is 4.08. The molecular formula is C8H15NO4. The molecule has 13 heavy (non-hydrogen) atoms. The minimum absolute atomic E-state index is 0.158. The summed E-state index contributed by atoms with van der Waals surface area (Å²) in [4.78, 5) is 0. The van der Waals surface area contributed by atoms with Crippen molar-refractivity contribution in [3.05, 3.63) is 0 Å². The zero-order valence-corrected chi connectivity index (χ0v) is 7.22. The van der Waals surface area contributed by atoms with Crippen LogP contribution >= 0.6 is 0 Å². The second kappa shape index (κ2) is 2.90. The van der Waals surface area contributed by atoms with Gasteiger partial charge in [-0.25, -0.2) is 0 Å². The van der Waals surface area contributed by atoms with Gasteiger partial charge in [-0.2, -0.15) is 0 Å². The smallest absolute Gasteiger partial charge is 0.108 e. The monoisotopic (exact) mass is 189 g/mol. The number of nitrogens with one attached hydrogen (secondary N) is 1. The first-order valence-electron chi connectivity index (χ1n) is 4.51. The molecule has 2 aliphatic rings. The first-order chi connectivity index (χ1) is 6.10. The van der Waals surface area contributed by atoms with E-state index < -0.39 is 23.9 Å². The quantitative estimate of drug-likeness (QED) is 0.292. The van der Waals surface area contributed by atoms with Gasteiger partial charge in [-0.1, -0.05) is 0 Å². The summed E-state index contributed by atoms with van der Waals surface area (Å²) < 4.78 is 0. The molecule has 2 fully saturated rings. The van der Waals surface area contributed by atoms with E-state index in [1.165, 1.54) is 0 Å². The lowest BCUT2D eigenvalue weighted by molar-refractivity contribution is -0.132. The van der Waals surface area contributed by atoms with Crippen LogP contribution < -0.4 is 5.32 Å². The van der Waals surface area contributed by atoms with E-state index in [-0.39, 0.29) is 12.5 Å². The van der Waals surface area contributed by atoms with Gasteiger partial charge in [0, 0.05) is 19.1 Å². The second-order valence-electron chi connectivity index (χ2n) is 4.08. The van der Waals surface area contributed by atoms with Crippen molar-refractivity contribution in [1.29, 1.82) is 0 Å². The molecule has 5 heteroatoms. The Bertz CT molecular complexity index is 204. The van der Waals surface area contributed by atoms with Gasteiger partial charge in [-0.15, -0.1) is 0 Å². The predicted octanol–water partition coefficient (Wildman–Crippen LogP) is -2.58. The summed E-state index contributed by atoms with van der Waals surface area (Å²) in [7, 11) is 0. The molecule has 1 aliphatic carbocycles. The topological polar surface area (TPSA) is 103 Å². The number of aliphatic hydroxyl groups excluding tert-OH is 4. The van der Waals surface area contributed by atoms with Crippen molar-refractivity contribution in [3.8, 4) is 0 Å². The normalized spacial score (nSPS) is 55.4. The number of aliphatic hydroxyl groups is 4. The van der Waals surface area contributed by atoms with Crippen molar-refractivity contribution in [2.75, 3.05) is 13.2 Å². The Morgan fingerprint density at radius 2 is 1.85 bits per heavy atom. The predicted molar refractivity (Wildman–Crippen MR) is 43.9 cm³/mol. The van der Waals surface area contributed by atoms with Crippen molar-refractivity contribution in [2.24, 2.45) is 5.92 Å². The highest BCUT2D eigenvalue weighted by molar-refractivity contribution is 5.16. The Morgan fingerprint density at radius 3 is 2.31 bits per heavy atom. The van der Waals surface area contributed by atoms with Crippen molar-refractivity contribution < 1.29 is 20.4 Å². The first kappa shape index (κ1) is 9.36. The van der Waals surface area contributed by atoms with Gasteiger partial charge in [0.25, 0.3) is 0 Å². The summed E-state index contributed by atoms with van der Waals surface area (Å²) in [6.07, 6.45) is -2.58. The Kier molecular flexibility index (Phi) is 2.08. The van der Waals surface area contributed by atoms with E-state index in [4.69, 9.17) is 5.11 Å². The fourth-order valence-corrected chi connectivity index (χ4v) is 2.14. The third-order valence-corrected chi connectivity index (χ3v) is 3.21. The van der Waals surface area contributed by atoms with E-state index in [2.05, 4.69) is 5.32 Å². The summed E-state index contributed by atoms with van der Waals surface area (Å²) in [5, 5.41) is 40.5. The van der Waals surface area contributed by atoms with Gasteiger partial charge < -0.3 is 25.7 Å². The van der Waals surface area contributed by atoms with Crippen molar-refractivity contribution in [2.45, 2.75) is 30.3 Å². The summed E-state index contributed by atoms with van der Waals surface area (Å²) in [6.45, 7) is 0.489. The van der Waals surface area contributed by atoms with Crippen molar-refractivity contribution in [3.63, 3.8) is 0 Å². The van der Waals surface area contributed by atoms with Gasteiger partial charge in [0.05, 0.1) is 11.6 Å². The minimum atomic E-state index is -1.15. The van der Waals surface area contributed by atoms with Crippen LogP contribution in [-0.4, -0.2) is 57.4 Å². The van der Waals surface area contributed by atoms with Crippen LogP contribution in [0.1, 0.15) is 6.42 Å². The average Bonchev–Trinajstić information content (AvgIpc) is 2.90. The zero-order valence-electron chi connectivity index (χ0n) is 7.22. The molecule has 0 amide bonds. The number of hydrogen-bond donors (Lipinski definition) is 5. The standard InChI is InChI=1S/C8H15NO4/c10-2-4-1-8(3-9-8)7(13)6(12)5(4)11/h4-7,9-13H,1-3H2/t4-,5-,6+,7-,8-/m1/s1. The molecule has 0 bridgehead atoms. The van der Waals surface area contributed by atoms with E-state index in [9.17, 15) is 15.3 Å². The molecule has 76 valence electrons. The summed E-state index contributed by atoms with van der Waals surface area (Å²) in [5.41, 5.74) is -0.452. The van der Waals surface area contributed by atoms with Gasteiger partial charge in [0.1, 0.15) is 12.2 Å². The van der Waals surface area contributed by atoms with Gasteiger partial charge in [-0.3, -0.25) is 0 Å². The number of hydrogen-bond acceptors (Lipinski definition) is 5. The van der Waals surface area contributed by atoms with Crippen LogP contribution in [0.15, 0.2) is 0 Å². The summed E-state index contributed by atoms with van der Waals surface area (Å²) in [5.74, 6) is -0.339. The fourth-order valence-electron chi connectivity index (χ4n) is 2.14. The van der Waals surface area contributed by atoms with E-state index in [1.54, 1.807) is 0 Å². The molecular weight excluding hydrogens is 174 g/mol. The Hall–Kier alpha value is -0.200. The lowest BCUT2D eigenvalue weighted by Gasteiger charge is -2.39. The molecule has 1 spiro atoms. The van der Waals surface area contributed by atoms with Crippen LogP contribution in [0.25, 0.3) is 0 Å². The van der Waals surface area contributed by atoms with Gasteiger partial charge in [0.15, 0.2) is 0 Å². The van der Waals surface area contributed by atoms with Crippen molar-refractivity contribution >= 4 is 0 Å². The Balaban J connectivity index is 2.13. The minimum Gasteiger partial charge on any atom is -0.396 e. The lowest BCUT2D eigenvalue weighted by Crippen LogP contribution is -2.57. The molecule has 0 aromatic heterocycles. The highest BCUT2D eigenvalue weighted by Gasteiger charge is 2.58. The Labute approximate surface area is 76.0 Å². The van der Waals surface area contributed by atoms with E-state index in [0.29, 0.717) is 13.0 Å². The average molecular weight is 189 g/mol. The van der Waals surface area contributed by atoms with Crippen LogP contribution in [0.3, 0.4) is 0 Å². The third kappa shape index (κ3) is 1.28. The van der Waals surface area contributed by atoms with Crippen LogP contribution in [0, 0.1) is 5.92 Å². The molecule has 0 aromatic carbocycles. The highest BCUT2D eigenvalue weighted by atomic mass is 16.4. The molecule has 1 saturated heterocycles. The maximum absolute atomic E-state index is 9.60. The molecule has 0 unspecified atom stereocenters. The molecule has 5 N–H and O–H groups in total. The Morgan fingerprint density at radius 1 is 1.23 bits per heavy atom. The van der Waals surface area contributed by atoms with Crippen LogP contribution in [-0.2, 0) is 0 Å². The van der Waals surface area contributed by atoms with Gasteiger partial charge >= 0.3 is 0 Å². The SMILES string of the molecule is OC[C@H]1C[C@@]2(CN2)[C@H](O)[C@@H](O)[C@@H]1O. The molecule has 5 atom stereocenters. The summed E-state index contributed by atoms with van der Waals surface area (Å²) >= 11 is 0. The van der Waals surface area contributed by atoms with Crippen LogP contribution in [0.2, 0.25) is 0 Å². The van der Waals surface area contributed by atoms with Crippen LogP contribution in [0.4, 0.5) is 0 Å². The van der Waals surface area contributed by atoms with Gasteiger partial charge in [-0.05, 0) is 6.42 Å². The highest BCUT2D eigenvalue weighted by Crippen LogP contribution is 2.38. The third-order valence-electron chi connectivity index (χ3n) is 3.21. The number of rotatable bonds is 1. The maximum Gasteiger partial charge on any atom is 0.108 e. The lowest BCUT2D eigenvalue weighted by atomic mass is 9.75. The largest absolute Gasteiger partial charge is 0.396 e. The molecule has 1 aliphatic heterocycles.